The van der Waals surface area contributed by atoms with E-state index >= 15 is 0 Å². The molecular formula is C22H17ClF3N3O5. The van der Waals surface area contributed by atoms with Crippen LogP contribution in [0.2, 0.25) is 5.02 Å². The molecule has 0 bridgehead atoms. The minimum Gasteiger partial charge on any atom is -0.459 e. The fourth-order valence-corrected chi connectivity index (χ4v) is 2.98. The third-order valence-electron chi connectivity index (χ3n) is 4.39. The molecule has 2 heterocycles. The first-order valence-corrected chi connectivity index (χ1v) is 10.1. The Labute approximate surface area is 196 Å². The number of esters is 1. The molecule has 1 aromatic carbocycles. The highest BCUT2D eigenvalue weighted by Crippen LogP contribution is 2.32. The van der Waals surface area contributed by atoms with Crippen molar-refractivity contribution in [2.75, 3.05) is 11.9 Å². The number of amides is 2. The third kappa shape index (κ3) is 6.82. The number of aromatic nitrogens is 1. The van der Waals surface area contributed by atoms with Crippen LogP contribution in [-0.2, 0) is 26.9 Å². The zero-order valence-corrected chi connectivity index (χ0v) is 18.0. The number of halogens is 4. The fourth-order valence-electron chi connectivity index (χ4n) is 2.77. The SMILES string of the molecule is O=C(COC(=O)[C@H](Cc1ccccc1)NC(=O)c1ccco1)Nc1ncc(C(F)(F)F)cc1Cl. The monoisotopic (exact) mass is 495 g/mol. The van der Waals surface area contributed by atoms with E-state index in [0.29, 0.717) is 12.3 Å². The molecule has 0 radical (unpaired) electrons. The molecule has 2 N–H and O–H groups in total. The van der Waals surface area contributed by atoms with E-state index in [9.17, 15) is 27.6 Å². The summed E-state index contributed by atoms with van der Waals surface area (Å²) in [5, 5.41) is 4.22. The number of carbonyl (C=O) groups excluding carboxylic acids is 3. The second-order valence-electron chi connectivity index (χ2n) is 6.90. The van der Waals surface area contributed by atoms with Gasteiger partial charge in [0.15, 0.2) is 18.2 Å². The molecule has 0 aliphatic rings. The molecule has 0 spiro atoms. The van der Waals surface area contributed by atoms with Crippen LogP contribution in [0.15, 0.2) is 65.4 Å². The van der Waals surface area contributed by atoms with Crippen molar-refractivity contribution in [3.63, 3.8) is 0 Å². The minimum atomic E-state index is -4.65. The van der Waals surface area contributed by atoms with Gasteiger partial charge >= 0.3 is 12.1 Å². The molecule has 0 fully saturated rings. The highest BCUT2D eigenvalue weighted by Gasteiger charge is 2.32. The molecule has 12 heteroatoms. The molecular weight excluding hydrogens is 479 g/mol. The number of ether oxygens (including phenoxy) is 1. The van der Waals surface area contributed by atoms with Crippen molar-refractivity contribution < 1.29 is 36.7 Å². The first-order valence-electron chi connectivity index (χ1n) is 9.71. The number of nitrogens with zero attached hydrogens (tertiary/aromatic N) is 1. The Morgan fingerprint density at radius 3 is 2.47 bits per heavy atom. The van der Waals surface area contributed by atoms with Gasteiger partial charge in [0.25, 0.3) is 11.8 Å². The van der Waals surface area contributed by atoms with Crippen molar-refractivity contribution in [1.29, 1.82) is 0 Å². The number of carbonyl (C=O) groups is 3. The van der Waals surface area contributed by atoms with E-state index in [1.807, 2.05) is 0 Å². The Balaban J connectivity index is 1.62. The predicted octanol–water partition coefficient (Wildman–Crippen LogP) is 3.87. The molecule has 2 amide bonds. The molecule has 1 atom stereocenters. The van der Waals surface area contributed by atoms with Gasteiger partial charge < -0.3 is 19.8 Å². The Morgan fingerprint density at radius 2 is 1.85 bits per heavy atom. The summed E-state index contributed by atoms with van der Waals surface area (Å²) in [7, 11) is 0. The number of pyridine rings is 1. The van der Waals surface area contributed by atoms with Crippen LogP contribution in [0.3, 0.4) is 0 Å². The number of hydrogen-bond donors (Lipinski definition) is 2. The molecule has 2 aromatic heterocycles. The van der Waals surface area contributed by atoms with Gasteiger partial charge in [0.2, 0.25) is 0 Å². The quantitative estimate of drug-likeness (QED) is 0.459. The van der Waals surface area contributed by atoms with Crippen LogP contribution < -0.4 is 10.6 Å². The summed E-state index contributed by atoms with van der Waals surface area (Å²) in [5.41, 5.74) is -0.368. The molecule has 0 aliphatic heterocycles. The van der Waals surface area contributed by atoms with Gasteiger partial charge in [0, 0.05) is 12.6 Å². The topological polar surface area (TPSA) is 111 Å². The molecule has 34 heavy (non-hydrogen) atoms. The van der Waals surface area contributed by atoms with E-state index in [1.165, 1.54) is 18.4 Å². The zero-order valence-electron chi connectivity index (χ0n) is 17.3. The van der Waals surface area contributed by atoms with Crippen LogP contribution in [0, 0.1) is 0 Å². The Kier molecular flexibility index (Phi) is 7.90. The van der Waals surface area contributed by atoms with Gasteiger partial charge in [-0.05, 0) is 23.8 Å². The lowest BCUT2D eigenvalue weighted by atomic mass is 10.1. The number of anilines is 1. The van der Waals surface area contributed by atoms with Crippen LogP contribution >= 0.6 is 11.6 Å². The second-order valence-corrected chi connectivity index (χ2v) is 7.31. The number of alkyl halides is 3. The first-order chi connectivity index (χ1) is 16.1. The molecule has 0 saturated heterocycles. The Hall–Kier alpha value is -3.86. The van der Waals surface area contributed by atoms with Gasteiger partial charge in [-0.15, -0.1) is 0 Å². The molecule has 3 aromatic rings. The summed E-state index contributed by atoms with van der Waals surface area (Å²) in [6.45, 7) is -0.792. The van der Waals surface area contributed by atoms with Crippen molar-refractivity contribution in [3.05, 3.63) is 82.9 Å². The molecule has 3 rings (SSSR count). The van der Waals surface area contributed by atoms with Crippen molar-refractivity contribution in [2.24, 2.45) is 0 Å². The molecule has 0 saturated carbocycles. The number of furan rings is 1. The van der Waals surface area contributed by atoms with E-state index in [2.05, 4.69) is 15.6 Å². The average molecular weight is 496 g/mol. The summed E-state index contributed by atoms with van der Waals surface area (Å²) in [6, 6.07) is 11.1. The van der Waals surface area contributed by atoms with E-state index in [-0.39, 0.29) is 18.0 Å². The van der Waals surface area contributed by atoms with Crippen LogP contribution in [0.4, 0.5) is 19.0 Å². The molecule has 0 aliphatic carbocycles. The van der Waals surface area contributed by atoms with Crippen molar-refractivity contribution >= 4 is 35.2 Å². The molecule has 178 valence electrons. The smallest absolute Gasteiger partial charge is 0.417 e. The van der Waals surface area contributed by atoms with Gasteiger partial charge in [-0.2, -0.15) is 13.2 Å². The lowest BCUT2D eigenvalue weighted by Gasteiger charge is -2.17. The first kappa shape index (κ1) is 24.8. The van der Waals surface area contributed by atoms with E-state index < -0.39 is 47.2 Å². The summed E-state index contributed by atoms with van der Waals surface area (Å²) in [5.74, 6) is -2.81. The predicted molar refractivity (Wildman–Crippen MR) is 114 cm³/mol. The second kappa shape index (κ2) is 10.8. The lowest BCUT2D eigenvalue weighted by Crippen LogP contribution is -2.44. The van der Waals surface area contributed by atoms with Gasteiger partial charge in [0.05, 0.1) is 16.8 Å². The maximum absolute atomic E-state index is 12.7. The van der Waals surface area contributed by atoms with Gasteiger partial charge in [-0.3, -0.25) is 9.59 Å². The van der Waals surface area contributed by atoms with Gasteiger partial charge in [-0.25, -0.2) is 9.78 Å². The summed E-state index contributed by atoms with van der Waals surface area (Å²) in [4.78, 5) is 40.6. The van der Waals surface area contributed by atoms with Crippen molar-refractivity contribution in [2.45, 2.75) is 18.6 Å². The molecule has 8 nitrogen and oxygen atoms in total. The largest absolute Gasteiger partial charge is 0.459 e. The lowest BCUT2D eigenvalue weighted by molar-refractivity contribution is -0.149. The van der Waals surface area contributed by atoms with Crippen molar-refractivity contribution in [1.82, 2.24) is 10.3 Å². The fraction of sp³-hybridized carbons (Fsp3) is 0.182. The van der Waals surface area contributed by atoms with Crippen molar-refractivity contribution in [3.8, 4) is 0 Å². The summed E-state index contributed by atoms with van der Waals surface area (Å²) < 4.78 is 48.1. The Morgan fingerprint density at radius 1 is 1.12 bits per heavy atom. The highest BCUT2D eigenvalue weighted by molar-refractivity contribution is 6.33. The van der Waals surface area contributed by atoms with Gasteiger partial charge in [-0.1, -0.05) is 41.9 Å². The van der Waals surface area contributed by atoms with E-state index in [1.54, 1.807) is 30.3 Å². The number of hydrogen-bond acceptors (Lipinski definition) is 6. The highest BCUT2D eigenvalue weighted by atomic mass is 35.5. The normalized spacial score (nSPS) is 12.0. The Bertz CT molecular complexity index is 1150. The maximum Gasteiger partial charge on any atom is 0.417 e. The minimum absolute atomic E-state index is 0.0216. The average Bonchev–Trinajstić information content (AvgIpc) is 3.33. The number of rotatable bonds is 8. The van der Waals surface area contributed by atoms with Crippen LogP contribution in [0.5, 0.6) is 0 Å². The van der Waals surface area contributed by atoms with Crippen LogP contribution in [-0.4, -0.2) is 35.4 Å². The van der Waals surface area contributed by atoms with Gasteiger partial charge in [0.1, 0.15) is 6.04 Å². The third-order valence-corrected chi connectivity index (χ3v) is 4.68. The van der Waals surface area contributed by atoms with E-state index in [0.717, 1.165) is 5.56 Å². The summed E-state index contributed by atoms with van der Waals surface area (Å²) in [6.07, 6.45) is -2.78. The zero-order chi connectivity index (χ0) is 24.7. The number of benzene rings is 1. The molecule has 0 unspecified atom stereocenters. The van der Waals surface area contributed by atoms with Crippen LogP contribution in [0.25, 0.3) is 0 Å². The van der Waals surface area contributed by atoms with Crippen LogP contribution in [0.1, 0.15) is 21.7 Å². The maximum atomic E-state index is 12.7. The number of nitrogens with one attached hydrogen (secondary N) is 2. The standard InChI is InChI=1S/C22H17ClF3N3O5/c23-15-10-14(22(24,25)26)11-27-19(15)29-18(30)12-34-21(32)16(9-13-5-2-1-3-6-13)28-20(31)17-7-4-8-33-17/h1-8,10-11,16H,9,12H2,(H,28,31)(H,27,29,30)/t16-/m0/s1. The summed E-state index contributed by atoms with van der Waals surface area (Å²) >= 11 is 5.75. The van der Waals surface area contributed by atoms with E-state index in [4.69, 9.17) is 20.8 Å².